The van der Waals surface area contributed by atoms with Crippen LogP contribution in [0.4, 0.5) is 8.78 Å². The third-order valence-corrected chi connectivity index (χ3v) is 3.58. The number of unbranched alkanes of at least 4 members (excludes halogenated alkanes) is 1. The fourth-order valence-corrected chi connectivity index (χ4v) is 2.37. The predicted octanol–water partition coefficient (Wildman–Crippen LogP) is 2.29. The lowest BCUT2D eigenvalue weighted by molar-refractivity contribution is -0.142. The average Bonchev–Trinajstić information content (AvgIpc) is 2.50. The van der Waals surface area contributed by atoms with E-state index in [2.05, 4.69) is 10.6 Å². The number of benzene rings is 1. The number of halogens is 2. The molecule has 8 heteroatoms. The fourth-order valence-electron chi connectivity index (χ4n) is 2.37. The van der Waals surface area contributed by atoms with Crippen molar-refractivity contribution in [1.29, 1.82) is 0 Å². The number of hydrogen-bond acceptors (Lipinski definition) is 3. The lowest BCUT2D eigenvalue weighted by Gasteiger charge is -2.20. The molecular formula is C17H22F2N2O4. The van der Waals surface area contributed by atoms with Crippen LogP contribution in [0, 0.1) is 11.6 Å². The number of carboxylic acid groups (broad SMARTS) is 1. The Bertz CT molecular complexity index is 637. The van der Waals surface area contributed by atoms with Crippen LogP contribution in [0.3, 0.4) is 0 Å². The van der Waals surface area contributed by atoms with E-state index in [1.807, 2.05) is 6.92 Å². The highest BCUT2D eigenvalue weighted by molar-refractivity contribution is 5.84. The molecule has 0 radical (unpaired) electrons. The first-order valence-electron chi connectivity index (χ1n) is 7.98. The van der Waals surface area contributed by atoms with Gasteiger partial charge in [-0.1, -0.05) is 25.8 Å². The molecule has 0 spiro atoms. The number of nitrogens with one attached hydrogen (secondary N) is 2. The van der Waals surface area contributed by atoms with Crippen molar-refractivity contribution in [2.45, 2.75) is 51.6 Å². The summed E-state index contributed by atoms with van der Waals surface area (Å²) in [6, 6.07) is 0.738. The largest absolute Gasteiger partial charge is 0.480 e. The first-order valence-corrected chi connectivity index (χ1v) is 7.98. The smallest absolute Gasteiger partial charge is 0.326 e. The van der Waals surface area contributed by atoms with Crippen molar-refractivity contribution in [3.05, 3.63) is 35.4 Å². The Morgan fingerprint density at radius 1 is 1.20 bits per heavy atom. The minimum atomic E-state index is -1.16. The summed E-state index contributed by atoms with van der Waals surface area (Å²) in [7, 11) is 0. The van der Waals surface area contributed by atoms with Crippen LogP contribution < -0.4 is 10.6 Å². The van der Waals surface area contributed by atoms with Gasteiger partial charge in [-0.15, -0.1) is 0 Å². The normalized spacial score (nSPS) is 13.0. The lowest BCUT2D eigenvalue weighted by atomic mass is 10.0. The molecule has 0 aromatic heterocycles. The molecule has 6 nitrogen and oxygen atoms in total. The van der Waals surface area contributed by atoms with Crippen LogP contribution in [0.5, 0.6) is 0 Å². The van der Waals surface area contributed by atoms with E-state index in [1.54, 1.807) is 0 Å². The molecule has 0 heterocycles. The van der Waals surface area contributed by atoms with E-state index < -0.39 is 41.5 Å². The van der Waals surface area contributed by atoms with Gasteiger partial charge in [0.25, 0.3) is 0 Å². The maximum atomic E-state index is 13.9. The van der Waals surface area contributed by atoms with Crippen LogP contribution in [-0.4, -0.2) is 28.9 Å². The molecule has 1 aromatic rings. The predicted molar refractivity (Wildman–Crippen MR) is 86.6 cm³/mol. The summed E-state index contributed by atoms with van der Waals surface area (Å²) in [4.78, 5) is 34.6. The first-order chi connectivity index (χ1) is 11.7. The van der Waals surface area contributed by atoms with E-state index >= 15 is 0 Å². The van der Waals surface area contributed by atoms with E-state index in [9.17, 15) is 23.2 Å². The Balaban J connectivity index is 2.88. The Labute approximate surface area is 144 Å². The van der Waals surface area contributed by atoms with Crippen LogP contribution >= 0.6 is 0 Å². The number of hydrogen-bond donors (Lipinski definition) is 3. The van der Waals surface area contributed by atoms with Gasteiger partial charge < -0.3 is 15.7 Å². The SMILES string of the molecule is CCCCC(NC(=O)CC(NC(C)=O)c1ccc(F)cc1F)C(=O)O. The number of rotatable bonds is 9. The third-order valence-electron chi connectivity index (χ3n) is 3.58. The monoisotopic (exact) mass is 356 g/mol. The molecule has 0 aliphatic rings. The van der Waals surface area contributed by atoms with Gasteiger partial charge in [0.15, 0.2) is 0 Å². The van der Waals surface area contributed by atoms with Gasteiger partial charge in [-0.2, -0.15) is 0 Å². The molecule has 2 amide bonds. The van der Waals surface area contributed by atoms with Crippen molar-refractivity contribution in [3.8, 4) is 0 Å². The zero-order chi connectivity index (χ0) is 19.0. The summed E-state index contributed by atoms with van der Waals surface area (Å²) >= 11 is 0. The second kappa shape index (κ2) is 9.71. The highest BCUT2D eigenvalue weighted by Gasteiger charge is 2.24. The van der Waals surface area contributed by atoms with Gasteiger partial charge in [-0.05, 0) is 12.5 Å². The maximum Gasteiger partial charge on any atom is 0.326 e. The van der Waals surface area contributed by atoms with Crippen LogP contribution in [0.25, 0.3) is 0 Å². The number of amides is 2. The van der Waals surface area contributed by atoms with Crippen LogP contribution in [0.2, 0.25) is 0 Å². The summed E-state index contributed by atoms with van der Waals surface area (Å²) in [5.74, 6) is -3.98. The zero-order valence-corrected chi connectivity index (χ0v) is 14.1. The fraction of sp³-hybridized carbons (Fsp3) is 0.471. The van der Waals surface area contributed by atoms with Crippen molar-refractivity contribution in [2.24, 2.45) is 0 Å². The van der Waals surface area contributed by atoms with Crippen LogP contribution in [-0.2, 0) is 14.4 Å². The minimum Gasteiger partial charge on any atom is -0.480 e. The molecule has 1 aromatic carbocycles. The molecule has 138 valence electrons. The van der Waals surface area contributed by atoms with E-state index in [-0.39, 0.29) is 18.4 Å². The van der Waals surface area contributed by atoms with Crippen molar-refractivity contribution >= 4 is 17.8 Å². The Morgan fingerprint density at radius 2 is 1.88 bits per heavy atom. The molecule has 0 aliphatic carbocycles. The molecular weight excluding hydrogens is 334 g/mol. The Morgan fingerprint density at radius 3 is 2.40 bits per heavy atom. The Kier molecular flexibility index (Phi) is 7.97. The standard InChI is InChI=1S/C17H22F2N2O4/c1-3-4-5-14(17(24)25)21-16(23)9-15(20-10(2)22)12-7-6-11(18)8-13(12)19/h6-8,14-15H,3-5,9H2,1-2H3,(H,20,22)(H,21,23)(H,24,25). The molecule has 0 saturated heterocycles. The quantitative estimate of drug-likeness (QED) is 0.633. The highest BCUT2D eigenvalue weighted by atomic mass is 19.1. The Hall–Kier alpha value is -2.51. The minimum absolute atomic E-state index is 0.0489. The molecule has 0 bridgehead atoms. The first kappa shape index (κ1) is 20.5. The van der Waals surface area contributed by atoms with E-state index in [1.165, 1.54) is 6.92 Å². The number of carbonyl (C=O) groups excluding carboxylic acids is 2. The molecule has 3 N–H and O–H groups in total. The number of aliphatic carboxylic acids is 1. The summed E-state index contributed by atoms with van der Waals surface area (Å²) < 4.78 is 27.0. The van der Waals surface area contributed by atoms with E-state index in [4.69, 9.17) is 5.11 Å². The highest BCUT2D eigenvalue weighted by Crippen LogP contribution is 2.21. The summed E-state index contributed by atoms with van der Waals surface area (Å²) in [6.45, 7) is 3.10. The average molecular weight is 356 g/mol. The molecule has 0 aliphatic heterocycles. The second-order valence-electron chi connectivity index (χ2n) is 5.72. The number of carbonyl (C=O) groups is 3. The zero-order valence-electron chi connectivity index (χ0n) is 14.1. The second-order valence-corrected chi connectivity index (χ2v) is 5.72. The van der Waals surface area contributed by atoms with Gasteiger partial charge in [0.1, 0.15) is 17.7 Å². The topological polar surface area (TPSA) is 95.5 Å². The van der Waals surface area contributed by atoms with Gasteiger partial charge in [-0.25, -0.2) is 13.6 Å². The third kappa shape index (κ3) is 6.86. The maximum absolute atomic E-state index is 13.9. The van der Waals surface area contributed by atoms with E-state index in [0.29, 0.717) is 12.5 Å². The molecule has 0 saturated carbocycles. The summed E-state index contributed by atoms with van der Waals surface area (Å²) in [6.07, 6.45) is 1.30. The molecule has 25 heavy (non-hydrogen) atoms. The van der Waals surface area contributed by atoms with Crippen molar-refractivity contribution < 1.29 is 28.3 Å². The number of carboxylic acids is 1. The van der Waals surface area contributed by atoms with Crippen LogP contribution in [0.1, 0.15) is 51.1 Å². The lowest BCUT2D eigenvalue weighted by Crippen LogP contribution is -2.42. The van der Waals surface area contributed by atoms with Gasteiger partial charge >= 0.3 is 5.97 Å². The van der Waals surface area contributed by atoms with Gasteiger partial charge in [0.05, 0.1) is 12.5 Å². The van der Waals surface area contributed by atoms with E-state index in [0.717, 1.165) is 18.6 Å². The van der Waals surface area contributed by atoms with Crippen molar-refractivity contribution in [2.75, 3.05) is 0 Å². The summed E-state index contributed by atoms with van der Waals surface area (Å²) in [5, 5.41) is 13.9. The molecule has 2 unspecified atom stereocenters. The van der Waals surface area contributed by atoms with Crippen molar-refractivity contribution in [3.63, 3.8) is 0 Å². The molecule has 0 fully saturated rings. The molecule has 2 atom stereocenters. The van der Waals surface area contributed by atoms with Crippen LogP contribution in [0.15, 0.2) is 18.2 Å². The summed E-state index contributed by atoms with van der Waals surface area (Å²) in [5.41, 5.74) is -0.0489. The van der Waals surface area contributed by atoms with Crippen molar-refractivity contribution in [1.82, 2.24) is 10.6 Å². The molecule has 1 rings (SSSR count). The van der Waals surface area contributed by atoms with Gasteiger partial charge in [-0.3, -0.25) is 9.59 Å². The van der Waals surface area contributed by atoms with Gasteiger partial charge in [0, 0.05) is 18.6 Å². The van der Waals surface area contributed by atoms with Gasteiger partial charge in [0.2, 0.25) is 11.8 Å².